The smallest absolute Gasteiger partial charge is 0.307 e. The number of carbonyl (C=O) groups is 1. The van der Waals surface area contributed by atoms with Gasteiger partial charge in [0.2, 0.25) is 0 Å². The van der Waals surface area contributed by atoms with Crippen molar-refractivity contribution in [1.82, 2.24) is 5.32 Å². The monoisotopic (exact) mass is 293 g/mol. The first-order valence-electron chi connectivity index (χ1n) is 7.57. The summed E-state index contributed by atoms with van der Waals surface area (Å²) in [5.74, 6) is 0.171. The lowest BCUT2D eigenvalue weighted by atomic mass is 9.97. The van der Waals surface area contributed by atoms with Crippen LogP contribution in [0, 0.1) is 11.8 Å². The minimum Gasteiger partial charge on any atom is -0.491 e. The van der Waals surface area contributed by atoms with Gasteiger partial charge in [0.05, 0.1) is 12.0 Å². The van der Waals surface area contributed by atoms with Gasteiger partial charge in [0.15, 0.2) is 0 Å². The molecule has 2 N–H and O–H groups in total. The van der Waals surface area contributed by atoms with E-state index in [9.17, 15) is 9.90 Å². The molecule has 21 heavy (non-hydrogen) atoms. The van der Waals surface area contributed by atoms with Crippen LogP contribution in [-0.2, 0) is 11.3 Å². The summed E-state index contributed by atoms with van der Waals surface area (Å²) in [4.78, 5) is 11.2. The predicted octanol–water partition coefficient (Wildman–Crippen LogP) is 3.31. The summed E-state index contributed by atoms with van der Waals surface area (Å²) in [5.41, 5.74) is 1.10. The molecule has 4 heteroatoms. The van der Waals surface area contributed by atoms with Gasteiger partial charge in [-0.15, -0.1) is 0 Å². The van der Waals surface area contributed by atoms with Gasteiger partial charge in [0, 0.05) is 13.1 Å². The number of hydrogen-bond donors (Lipinski definition) is 2. The molecule has 1 rings (SSSR count). The van der Waals surface area contributed by atoms with Gasteiger partial charge >= 0.3 is 5.97 Å². The lowest BCUT2D eigenvalue weighted by Crippen LogP contribution is -2.29. The fourth-order valence-corrected chi connectivity index (χ4v) is 2.23. The molecule has 4 nitrogen and oxygen atoms in total. The SMILES string of the molecule is CC(C)CC(CNCc1cccc(OC(C)C)c1)C(=O)O. The van der Waals surface area contributed by atoms with E-state index in [4.69, 9.17) is 4.74 Å². The molecule has 0 heterocycles. The first-order chi connectivity index (χ1) is 9.88. The van der Waals surface area contributed by atoms with Crippen molar-refractivity contribution in [3.05, 3.63) is 29.8 Å². The van der Waals surface area contributed by atoms with E-state index in [1.54, 1.807) is 0 Å². The van der Waals surface area contributed by atoms with E-state index in [2.05, 4.69) is 5.32 Å². The van der Waals surface area contributed by atoms with E-state index in [-0.39, 0.29) is 12.0 Å². The van der Waals surface area contributed by atoms with Crippen molar-refractivity contribution in [3.8, 4) is 5.75 Å². The van der Waals surface area contributed by atoms with Crippen LogP contribution in [0.3, 0.4) is 0 Å². The third-order valence-electron chi connectivity index (χ3n) is 3.10. The molecule has 1 unspecified atom stereocenters. The standard InChI is InChI=1S/C17H27NO3/c1-12(2)8-15(17(19)20)11-18-10-14-6-5-7-16(9-14)21-13(3)4/h5-7,9,12-13,15,18H,8,10-11H2,1-4H3,(H,19,20). The Labute approximate surface area is 127 Å². The van der Waals surface area contributed by atoms with Gasteiger partial charge in [-0.3, -0.25) is 4.79 Å². The summed E-state index contributed by atoms with van der Waals surface area (Å²) in [7, 11) is 0. The van der Waals surface area contributed by atoms with Crippen molar-refractivity contribution in [3.63, 3.8) is 0 Å². The van der Waals surface area contributed by atoms with E-state index in [1.807, 2.05) is 52.0 Å². The van der Waals surface area contributed by atoms with Gasteiger partial charge in [0.25, 0.3) is 0 Å². The molecule has 0 saturated heterocycles. The average Bonchev–Trinajstić information content (AvgIpc) is 2.36. The Balaban J connectivity index is 2.49. The third-order valence-corrected chi connectivity index (χ3v) is 3.10. The highest BCUT2D eigenvalue weighted by Gasteiger charge is 2.18. The highest BCUT2D eigenvalue weighted by atomic mass is 16.5. The number of carboxylic acids is 1. The summed E-state index contributed by atoms with van der Waals surface area (Å²) in [6, 6.07) is 7.89. The molecule has 0 bridgehead atoms. The highest BCUT2D eigenvalue weighted by molar-refractivity contribution is 5.70. The average molecular weight is 293 g/mol. The summed E-state index contributed by atoms with van der Waals surface area (Å²) in [6.07, 6.45) is 0.842. The van der Waals surface area contributed by atoms with E-state index in [0.717, 1.165) is 11.3 Å². The van der Waals surface area contributed by atoms with Gasteiger partial charge in [-0.25, -0.2) is 0 Å². The van der Waals surface area contributed by atoms with Crippen LogP contribution in [-0.4, -0.2) is 23.7 Å². The zero-order valence-corrected chi connectivity index (χ0v) is 13.4. The molecule has 0 spiro atoms. The lowest BCUT2D eigenvalue weighted by Gasteiger charge is -2.16. The second-order valence-electron chi connectivity index (χ2n) is 6.11. The van der Waals surface area contributed by atoms with Crippen molar-refractivity contribution in [2.45, 2.75) is 46.8 Å². The topological polar surface area (TPSA) is 58.6 Å². The number of rotatable bonds is 9. The van der Waals surface area contributed by atoms with E-state index in [1.165, 1.54) is 0 Å². The summed E-state index contributed by atoms with van der Waals surface area (Å²) in [5, 5.41) is 12.4. The molecule has 0 amide bonds. The summed E-state index contributed by atoms with van der Waals surface area (Å²) >= 11 is 0. The molecule has 0 aromatic heterocycles. The van der Waals surface area contributed by atoms with Crippen LogP contribution in [0.2, 0.25) is 0 Å². The van der Waals surface area contributed by atoms with Crippen molar-refractivity contribution in [1.29, 1.82) is 0 Å². The number of hydrogen-bond acceptors (Lipinski definition) is 3. The second-order valence-corrected chi connectivity index (χ2v) is 6.11. The molecular formula is C17H27NO3. The van der Waals surface area contributed by atoms with Crippen molar-refractivity contribution >= 4 is 5.97 Å². The Kier molecular flexibility index (Phi) is 7.23. The van der Waals surface area contributed by atoms with Crippen LogP contribution in [0.5, 0.6) is 5.75 Å². The van der Waals surface area contributed by atoms with Crippen LogP contribution >= 0.6 is 0 Å². The third kappa shape index (κ3) is 7.14. The summed E-state index contributed by atoms with van der Waals surface area (Å²) < 4.78 is 5.65. The minimum atomic E-state index is -0.729. The van der Waals surface area contributed by atoms with E-state index < -0.39 is 5.97 Å². The minimum absolute atomic E-state index is 0.149. The lowest BCUT2D eigenvalue weighted by molar-refractivity contribution is -0.142. The van der Waals surface area contributed by atoms with Gasteiger partial charge in [-0.1, -0.05) is 26.0 Å². The first kappa shape index (κ1) is 17.5. The first-order valence-corrected chi connectivity index (χ1v) is 7.57. The molecule has 0 aliphatic heterocycles. The Morgan fingerprint density at radius 1 is 1.29 bits per heavy atom. The van der Waals surface area contributed by atoms with Crippen LogP contribution in [0.1, 0.15) is 39.7 Å². The Morgan fingerprint density at radius 3 is 2.57 bits per heavy atom. The Morgan fingerprint density at radius 2 is 2.00 bits per heavy atom. The maximum absolute atomic E-state index is 11.2. The van der Waals surface area contributed by atoms with Crippen molar-refractivity contribution in [2.75, 3.05) is 6.54 Å². The molecule has 0 fully saturated rings. The fraction of sp³-hybridized carbons (Fsp3) is 0.588. The molecule has 1 atom stereocenters. The number of ether oxygens (including phenoxy) is 1. The number of aliphatic carboxylic acids is 1. The molecule has 0 saturated carbocycles. The molecule has 0 aliphatic rings. The molecular weight excluding hydrogens is 266 g/mol. The maximum Gasteiger partial charge on any atom is 0.307 e. The largest absolute Gasteiger partial charge is 0.491 e. The zero-order chi connectivity index (χ0) is 15.8. The predicted molar refractivity (Wildman–Crippen MR) is 84.5 cm³/mol. The number of carboxylic acid groups (broad SMARTS) is 1. The van der Waals surface area contributed by atoms with Crippen LogP contribution in [0.4, 0.5) is 0 Å². The second kappa shape index (κ2) is 8.67. The number of nitrogens with one attached hydrogen (secondary N) is 1. The molecule has 0 aliphatic carbocycles. The molecule has 1 aromatic carbocycles. The van der Waals surface area contributed by atoms with E-state index in [0.29, 0.717) is 25.4 Å². The van der Waals surface area contributed by atoms with Crippen LogP contribution in [0.15, 0.2) is 24.3 Å². The Bertz CT molecular complexity index is 443. The number of benzene rings is 1. The van der Waals surface area contributed by atoms with E-state index >= 15 is 0 Å². The summed E-state index contributed by atoms with van der Waals surface area (Å²) in [6.45, 7) is 9.22. The van der Waals surface area contributed by atoms with Crippen LogP contribution in [0.25, 0.3) is 0 Å². The van der Waals surface area contributed by atoms with Gasteiger partial charge < -0.3 is 15.2 Å². The van der Waals surface area contributed by atoms with Gasteiger partial charge in [0.1, 0.15) is 5.75 Å². The quantitative estimate of drug-likeness (QED) is 0.733. The molecule has 118 valence electrons. The van der Waals surface area contributed by atoms with Crippen molar-refractivity contribution in [2.24, 2.45) is 11.8 Å². The maximum atomic E-state index is 11.2. The van der Waals surface area contributed by atoms with Crippen LogP contribution < -0.4 is 10.1 Å². The van der Waals surface area contributed by atoms with Gasteiger partial charge in [-0.2, -0.15) is 0 Å². The van der Waals surface area contributed by atoms with Gasteiger partial charge in [-0.05, 0) is 43.9 Å². The normalized spacial score (nSPS) is 12.7. The molecule has 0 radical (unpaired) electrons. The zero-order valence-electron chi connectivity index (χ0n) is 13.4. The molecule has 1 aromatic rings. The Hall–Kier alpha value is -1.55. The highest BCUT2D eigenvalue weighted by Crippen LogP contribution is 2.15. The fourth-order valence-electron chi connectivity index (χ4n) is 2.23. The van der Waals surface area contributed by atoms with Crippen molar-refractivity contribution < 1.29 is 14.6 Å².